The molecule has 1 heterocycles. The van der Waals surface area contributed by atoms with E-state index in [4.69, 9.17) is 5.73 Å². The summed E-state index contributed by atoms with van der Waals surface area (Å²) < 4.78 is 1.07. The Morgan fingerprint density at radius 3 is 2.71 bits per heavy atom. The van der Waals surface area contributed by atoms with E-state index in [9.17, 15) is 0 Å². The van der Waals surface area contributed by atoms with E-state index in [0.717, 1.165) is 22.6 Å². The van der Waals surface area contributed by atoms with E-state index in [0.29, 0.717) is 0 Å². The Morgan fingerprint density at radius 2 is 2.06 bits per heavy atom. The van der Waals surface area contributed by atoms with E-state index in [1.54, 1.807) is 0 Å². The maximum Gasteiger partial charge on any atom is 0.0461 e. The fourth-order valence-electron chi connectivity index (χ4n) is 2.52. The van der Waals surface area contributed by atoms with Gasteiger partial charge >= 0.3 is 0 Å². The normalized spacial score (nSPS) is 18.5. The minimum atomic E-state index is 0.839. The number of piperidine rings is 1. The average molecular weight is 297 g/mol. The van der Waals surface area contributed by atoms with Gasteiger partial charge in [0, 0.05) is 16.7 Å². The van der Waals surface area contributed by atoms with Crippen LogP contribution in [-0.4, -0.2) is 18.0 Å². The van der Waals surface area contributed by atoms with Crippen LogP contribution in [0.1, 0.15) is 31.7 Å². The van der Waals surface area contributed by atoms with Crippen molar-refractivity contribution in [1.29, 1.82) is 0 Å². The minimum absolute atomic E-state index is 0.839. The van der Waals surface area contributed by atoms with Crippen molar-refractivity contribution in [1.82, 2.24) is 4.90 Å². The molecule has 1 aromatic rings. The Morgan fingerprint density at radius 1 is 1.35 bits per heavy atom. The van der Waals surface area contributed by atoms with Crippen LogP contribution < -0.4 is 5.73 Å². The molecule has 0 bridgehead atoms. The SMILES string of the molecule is CCC1CCN(Cc2cccc(N)c2Br)CC1. The van der Waals surface area contributed by atoms with Crippen molar-refractivity contribution in [2.75, 3.05) is 18.8 Å². The second-order valence-electron chi connectivity index (χ2n) is 4.95. The summed E-state index contributed by atoms with van der Waals surface area (Å²) in [6, 6.07) is 6.14. The summed E-state index contributed by atoms with van der Waals surface area (Å²) in [5, 5.41) is 0. The smallest absolute Gasteiger partial charge is 0.0461 e. The predicted octanol–water partition coefficient (Wildman–Crippen LogP) is 3.65. The molecule has 1 fully saturated rings. The highest BCUT2D eigenvalue weighted by molar-refractivity contribution is 9.10. The van der Waals surface area contributed by atoms with E-state index in [1.165, 1.54) is 37.9 Å². The van der Waals surface area contributed by atoms with Gasteiger partial charge in [-0.1, -0.05) is 25.5 Å². The van der Waals surface area contributed by atoms with Crippen LogP contribution in [0.2, 0.25) is 0 Å². The molecule has 3 heteroatoms. The number of nitrogens with two attached hydrogens (primary N) is 1. The molecular formula is C14H21BrN2. The van der Waals surface area contributed by atoms with Gasteiger partial charge in [0.25, 0.3) is 0 Å². The molecule has 0 unspecified atom stereocenters. The number of halogens is 1. The molecule has 0 saturated carbocycles. The van der Waals surface area contributed by atoms with Crippen LogP contribution in [0.5, 0.6) is 0 Å². The number of benzene rings is 1. The van der Waals surface area contributed by atoms with Gasteiger partial charge < -0.3 is 5.73 Å². The molecule has 0 spiro atoms. The fraction of sp³-hybridized carbons (Fsp3) is 0.571. The lowest BCUT2D eigenvalue weighted by Gasteiger charge is -2.31. The summed E-state index contributed by atoms with van der Waals surface area (Å²) in [5.41, 5.74) is 8.05. The van der Waals surface area contributed by atoms with Gasteiger partial charge in [-0.05, 0) is 59.4 Å². The molecule has 0 amide bonds. The lowest BCUT2D eigenvalue weighted by Crippen LogP contribution is -2.33. The third-order valence-corrected chi connectivity index (χ3v) is 4.75. The Bertz CT molecular complexity index is 370. The molecule has 17 heavy (non-hydrogen) atoms. The zero-order chi connectivity index (χ0) is 12.3. The molecule has 1 saturated heterocycles. The van der Waals surface area contributed by atoms with Crippen LogP contribution in [-0.2, 0) is 6.54 Å². The molecule has 2 rings (SSSR count). The van der Waals surface area contributed by atoms with Crippen molar-refractivity contribution in [3.05, 3.63) is 28.2 Å². The van der Waals surface area contributed by atoms with Crippen molar-refractivity contribution in [2.45, 2.75) is 32.7 Å². The first kappa shape index (κ1) is 12.9. The highest BCUT2D eigenvalue weighted by atomic mass is 79.9. The van der Waals surface area contributed by atoms with Gasteiger partial charge in [-0.25, -0.2) is 0 Å². The van der Waals surface area contributed by atoms with Gasteiger partial charge in [0.1, 0.15) is 0 Å². The van der Waals surface area contributed by atoms with Crippen molar-refractivity contribution in [3.63, 3.8) is 0 Å². The van der Waals surface area contributed by atoms with Crippen LogP contribution in [0.15, 0.2) is 22.7 Å². The molecule has 1 aliphatic heterocycles. The van der Waals surface area contributed by atoms with Gasteiger partial charge in [0.2, 0.25) is 0 Å². The lowest BCUT2D eigenvalue weighted by atomic mass is 9.94. The Labute approximate surface area is 112 Å². The van der Waals surface area contributed by atoms with Gasteiger partial charge in [-0.3, -0.25) is 4.90 Å². The Balaban J connectivity index is 1.95. The van der Waals surface area contributed by atoms with E-state index < -0.39 is 0 Å². The van der Waals surface area contributed by atoms with Crippen LogP contribution in [0.3, 0.4) is 0 Å². The molecule has 94 valence electrons. The first-order valence-electron chi connectivity index (χ1n) is 6.46. The third kappa shape index (κ3) is 3.23. The summed E-state index contributed by atoms with van der Waals surface area (Å²) in [4.78, 5) is 2.53. The maximum atomic E-state index is 5.90. The summed E-state index contributed by atoms with van der Waals surface area (Å²) in [6.45, 7) is 5.76. The first-order valence-corrected chi connectivity index (χ1v) is 7.25. The van der Waals surface area contributed by atoms with E-state index >= 15 is 0 Å². The molecule has 1 aromatic carbocycles. The second-order valence-corrected chi connectivity index (χ2v) is 5.74. The van der Waals surface area contributed by atoms with Crippen LogP contribution in [0.4, 0.5) is 5.69 Å². The fourth-order valence-corrected chi connectivity index (χ4v) is 2.91. The molecule has 2 N–H and O–H groups in total. The highest BCUT2D eigenvalue weighted by Crippen LogP contribution is 2.27. The largest absolute Gasteiger partial charge is 0.398 e. The molecule has 2 nitrogen and oxygen atoms in total. The number of nitrogens with zero attached hydrogens (tertiary/aromatic N) is 1. The topological polar surface area (TPSA) is 29.3 Å². The Hall–Kier alpha value is -0.540. The number of likely N-dealkylation sites (tertiary alicyclic amines) is 1. The van der Waals surface area contributed by atoms with Crippen molar-refractivity contribution in [3.8, 4) is 0 Å². The maximum absolute atomic E-state index is 5.90. The van der Waals surface area contributed by atoms with Crippen LogP contribution in [0, 0.1) is 5.92 Å². The number of hydrogen-bond acceptors (Lipinski definition) is 2. The van der Waals surface area contributed by atoms with Gasteiger partial charge in [0.15, 0.2) is 0 Å². The standard InChI is InChI=1S/C14H21BrN2/c1-2-11-6-8-17(9-7-11)10-12-4-3-5-13(16)14(12)15/h3-5,11H,2,6-10,16H2,1H3. The lowest BCUT2D eigenvalue weighted by molar-refractivity contribution is 0.175. The first-order chi connectivity index (χ1) is 8.20. The number of anilines is 1. The summed E-state index contributed by atoms with van der Waals surface area (Å²) in [5.74, 6) is 0.940. The third-order valence-electron chi connectivity index (χ3n) is 3.79. The van der Waals surface area contributed by atoms with Crippen LogP contribution in [0.25, 0.3) is 0 Å². The zero-order valence-electron chi connectivity index (χ0n) is 10.5. The quantitative estimate of drug-likeness (QED) is 0.863. The highest BCUT2D eigenvalue weighted by Gasteiger charge is 2.18. The number of nitrogen functional groups attached to an aromatic ring is 1. The van der Waals surface area contributed by atoms with E-state index in [1.807, 2.05) is 12.1 Å². The van der Waals surface area contributed by atoms with Gasteiger partial charge in [-0.15, -0.1) is 0 Å². The monoisotopic (exact) mass is 296 g/mol. The molecule has 0 aliphatic carbocycles. The second kappa shape index (κ2) is 5.87. The summed E-state index contributed by atoms with van der Waals surface area (Å²) in [7, 11) is 0. The zero-order valence-corrected chi connectivity index (χ0v) is 12.0. The minimum Gasteiger partial charge on any atom is -0.398 e. The molecule has 1 aliphatic rings. The van der Waals surface area contributed by atoms with E-state index in [-0.39, 0.29) is 0 Å². The van der Waals surface area contributed by atoms with Gasteiger partial charge in [0.05, 0.1) is 0 Å². The molecule has 0 aromatic heterocycles. The van der Waals surface area contributed by atoms with Crippen molar-refractivity contribution >= 4 is 21.6 Å². The molecule has 0 radical (unpaired) electrons. The number of hydrogen-bond donors (Lipinski definition) is 1. The summed E-state index contributed by atoms with van der Waals surface area (Å²) >= 11 is 3.58. The van der Waals surface area contributed by atoms with Crippen molar-refractivity contribution < 1.29 is 0 Å². The molecular weight excluding hydrogens is 276 g/mol. The molecule has 0 atom stereocenters. The Kier molecular flexibility index (Phi) is 4.46. The van der Waals surface area contributed by atoms with Gasteiger partial charge in [-0.2, -0.15) is 0 Å². The predicted molar refractivity (Wildman–Crippen MR) is 76.8 cm³/mol. The number of rotatable bonds is 3. The van der Waals surface area contributed by atoms with Crippen molar-refractivity contribution in [2.24, 2.45) is 5.92 Å². The van der Waals surface area contributed by atoms with Crippen LogP contribution >= 0.6 is 15.9 Å². The van der Waals surface area contributed by atoms with E-state index in [2.05, 4.69) is 33.8 Å². The summed E-state index contributed by atoms with van der Waals surface area (Å²) in [6.07, 6.45) is 4.02. The average Bonchev–Trinajstić information content (AvgIpc) is 2.36.